The van der Waals surface area contributed by atoms with Gasteiger partial charge in [0.25, 0.3) is 0 Å². The predicted octanol–water partition coefficient (Wildman–Crippen LogP) is 1.80. The number of benzene rings is 1. The molecule has 1 aromatic carbocycles. The van der Waals surface area contributed by atoms with Gasteiger partial charge in [-0.15, -0.1) is 0 Å². The highest BCUT2D eigenvalue weighted by Gasteiger charge is 2.10. The molecule has 4 nitrogen and oxygen atoms in total. The van der Waals surface area contributed by atoms with Crippen LogP contribution in [0.4, 0.5) is 0 Å². The molecule has 0 saturated heterocycles. The fourth-order valence-electron chi connectivity index (χ4n) is 1.59. The Kier molecular flexibility index (Phi) is 2.71. The van der Waals surface area contributed by atoms with Crippen molar-refractivity contribution in [3.63, 3.8) is 0 Å². The third-order valence-corrected chi connectivity index (χ3v) is 2.39. The summed E-state index contributed by atoms with van der Waals surface area (Å²) in [7, 11) is 0. The molecule has 1 atom stereocenters. The first-order chi connectivity index (χ1) is 7.72. The minimum Gasteiger partial charge on any atom is -0.389 e. The van der Waals surface area contributed by atoms with Crippen LogP contribution in [0.5, 0.6) is 0 Å². The van der Waals surface area contributed by atoms with E-state index in [-0.39, 0.29) is 0 Å². The Morgan fingerprint density at radius 2 is 2.31 bits per heavy atom. The van der Waals surface area contributed by atoms with Crippen molar-refractivity contribution in [3.05, 3.63) is 48.0 Å². The Morgan fingerprint density at radius 3 is 2.88 bits per heavy atom. The Labute approximate surface area is 93.4 Å². The summed E-state index contributed by atoms with van der Waals surface area (Å²) < 4.78 is 1.78. The molecule has 0 bridgehead atoms. The Bertz CT molecular complexity index is 524. The van der Waals surface area contributed by atoms with Crippen LogP contribution in [0.2, 0.25) is 0 Å². The van der Waals surface area contributed by atoms with Gasteiger partial charge in [0.2, 0.25) is 0 Å². The molecule has 0 aliphatic carbocycles. The number of rotatable bonds is 2. The highest BCUT2D eigenvalue weighted by molar-refractivity contribution is 5.48. The van der Waals surface area contributed by atoms with Crippen molar-refractivity contribution < 1.29 is 5.11 Å². The molecule has 0 fully saturated rings. The summed E-state index contributed by atoms with van der Waals surface area (Å²) in [4.78, 5) is 3.95. The molecular formula is C12H11N3O. The number of aliphatic hydroxyl groups excluding tert-OH is 1. The van der Waals surface area contributed by atoms with Gasteiger partial charge in [-0.1, -0.05) is 6.07 Å². The van der Waals surface area contributed by atoms with Crippen LogP contribution in [0.15, 0.2) is 36.9 Å². The minimum absolute atomic E-state index is 0.563. The van der Waals surface area contributed by atoms with Crippen LogP contribution in [0.3, 0.4) is 0 Å². The molecule has 80 valence electrons. The van der Waals surface area contributed by atoms with E-state index in [1.807, 2.05) is 0 Å². The van der Waals surface area contributed by atoms with Gasteiger partial charge in [0.1, 0.15) is 0 Å². The molecular weight excluding hydrogens is 202 g/mol. The van der Waals surface area contributed by atoms with Gasteiger partial charge in [0, 0.05) is 18.0 Å². The van der Waals surface area contributed by atoms with E-state index in [1.54, 1.807) is 48.4 Å². The fraction of sp³-hybridized carbons (Fsp3) is 0.167. The lowest BCUT2D eigenvalue weighted by Gasteiger charge is -2.12. The highest BCUT2D eigenvalue weighted by atomic mass is 16.3. The van der Waals surface area contributed by atoms with Gasteiger partial charge in [0.05, 0.1) is 29.8 Å². The summed E-state index contributed by atoms with van der Waals surface area (Å²) >= 11 is 0. The first-order valence-electron chi connectivity index (χ1n) is 4.93. The Balaban J connectivity index is 2.61. The van der Waals surface area contributed by atoms with Crippen molar-refractivity contribution in [2.24, 2.45) is 0 Å². The maximum absolute atomic E-state index is 9.65. The van der Waals surface area contributed by atoms with E-state index in [2.05, 4.69) is 11.1 Å². The first-order valence-corrected chi connectivity index (χ1v) is 4.93. The average molecular weight is 213 g/mol. The molecule has 4 heteroatoms. The smallest absolute Gasteiger partial charge is 0.0992 e. The second kappa shape index (κ2) is 4.17. The van der Waals surface area contributed by atoms with Gasteiger partial charge in [-0.3, -0.25) is 0 Å². The summed E-state index contributed by atoms with van der Waals surface area (Å²) in [6.45, 7) is 1.70. The summed E-state index contributed by atoms with van der Waals surface area (Å²) in [5.74, 6) is 0. The van der Waals surface area contributed by atoms with Crippen LogP contribution in [0.1, 0.15) is 24.2 Å². The normalized spacial score (nSPS) is 12.1. The van der Waals surface area contributed by atoms with Gasteiger partial charge in [-0.25, -0.2) is 4.98 Å². The maximum Gasteiger partial charge on any atom is 0.0992 e. The summed E-state index contributed by atoms with van der Waals surface area (Å²) in [5.41, 5.74) is 2.12. The maximum atomic E-state index is 9.65. The molecule has 2 rings (SSSR count). The number of nitriles is 1. The Hall–Kier alpha value is -2.12. The molecule has 0 aliphatic rings. The van der Waals surface area contributed by atoms with Crippen LogP contribution in [0, 0.1) is 11.3 Å². The van der Waals surface area contributed by atoms with Crippen molar-refractivity contribution in [1.29, 1.82) is 5.26 Å². The molecule has 2 aromatic rings. The number of aliphatic hydroxyl groups is 1. The minimum atomic E-state index is -0.579. The quantitative estimate of drug-likeness (QED) is 0.827. The number of hydrogen-bond acceptors (Lipinski definition) is 3. The second-order valence-electron chi connectivity index (χ2n) is 3.53. The van der Waals surface area contributed by atoms with Gasteiger partial charge >= 0.3 is 0 Å². The van der Waals surface area contributed by atoms with E-state index >= 15 is 0 Å². The number of aromatic nitrogens is 2. The average Bonchev–Trinajstić information content (AvgIpc) is 2.81. The molecule has 0 aliphatic heterocycles. The molecule has 0 amide bonds. The van der Waals surface area contributed by atoms with Crippen LogP contribution in [0.25, 0.3) is 5.69 Å². The van der Waals surface area contributed by atoms with Crippen molar-refractivity contribution >= 4 is 0 Å². The second-order valence-corrected chi connectivity index (χ2v) is 3.53. The van der Waals surface area contributed by atoms with E-state index < -0.39 is 6.10 Å². The topological polar surface area (TPSA) is 61.8 Å². The highest BCUT2D eigenvalue weighted by Crippen LogP contribution is 2.22. The van der Waals surface area contributed by atoms with Crippen molar-refractivity contribution in [1.82, 2.24) is 9.55 Å². The van der Waals surface area contributed by atoms with Gasteiger partial charge in [0.15, 0.2) is 0 Å². The van der Waals surface area contributed by atoms with Gasteiger partial charge < -0.3 is 9.67 Å². The monoisotopic (exact) mass is 213 g/mol. The third-order valence-electron chi connectivity index (χ3n) is 2.39. The largest absolute Gasteiger partial charge is 0.389 e. The zero-order valence-corrected chi connectivity index (χ0v) is 8.83. The number of nitrogens with zero attached hydrogens (tertiary/aromatic N) is 3. The van der Waals surface area contributed by atoms with E-state index in [0.717, 1.165) is 11.3 Å². The van der Waals surface area contributed by atoms with E-state index in [0.29, 0.717) is 5.56 Å². The molecule has 1 heterocycles. The summed E-state index contributed by atoms with van der Waals surface area (Å²) in [5, 5.41) is 18.5. The summed E-state index contributed by atoms with van der Waals surface area (Å²) in [6.07, 6.45) is 4.50. The van der Waals surface area contributed by atoms with Crippen molar-refractivity contribution in [3.8, 4) is 11.8 Å². The lowest BCUT2D eigenvalue weighted by atomic mass is 10.1. The standard InChI is InChI=1S/C12H11N3O/c1-9(16)11-3-2-10(7-13)6-12(11)15-5-4-14-8-15/h2-6,8-9,16H,1H3. The zero-order chi connectivity index (χ0) is 11.5. The SMILES string of the molecule is CC(O)c1ccc(C#N)cc1-n1ccnc1. The van der Waals surface area contributed by atoms with E-state index in [4.69, 9.17) is 5.26 Å². The van der Waals surface area contributed by atoms with Crippen LogP contribution >= 0.6 is 0 Å². The molecule has 1 unspecified atom stereocenters. The zero-order valence-electron chi connectivity index (χ0n) is 8.83. The molecule has 0 radical (unpaired) electrons. The third kappa shape index (κ3) is 1.81. The number of hydrogen-bond donors (Lipinski definition) is 1. The summed E-state index contributed by atoms with van der Waals surface area (Å²) in [6, 6.07) is 7.28. The first kappa shape index (κ1) is 10.4. The molecule has 0 spiro atoms. The fourth-order valence-corrected chi connectivity index (χ4v) is 1.59. The molecule has 0 saturated carbocycles. The molecule has 16 heavy (non-hydrogen) atoms. The lowest BCUT2D eigenvalue weighted by Crippen LogP contribution is -2.01. The predicted molar refractivity (Wildman–Crippen MR) is 58.9 cm³/mol. The van der Waals surface area contributed by atoms with Crippen molar-refractivity contribution in [2.45, 2.75) is 13.0 Å². The molecule has 1 N–H and O–H groups in total. The lowest BCUT2D eigenvalue weighted by molar-refractivity contribution is 0.199. The van der Waals surface area contributed by atoms with Crippen molar-refractivity contribution in [2.75, 3.05) is 0 Å². The van der Waals surface area contributed by atoms with Gasteiger partial charge in [-0.2, -0.15) is 5.26 Å². The van der Waals surface area contributed by atoms with Crippen LogP contribution < -0.4 is 0 Å². The van der Waals surface area contributed by atoms with Crippen LogP contribution in [-0.4, -0.2) is 14.7 Å². The Morgan fingerprint density at radius 1 is 1.50 bits per heavy atom. The van der Waals surface area contributed by atoms with E-state index in [9.17, 15) is 5.11 Å². The van der Waals surface area contributed by atoms with E-state index in [1.165, 1.54) is 0 Å². The molecule has 1 aromatic heterocycles. The van der Waals surface area contributed by atoms with Crippen LogP contribution in [-0.2, 0) is 0 Å². The van der Waals surface area contributed by atoms with Gasteiger partial charge in [-0.05, 0) is 19.1 Å². The number of imidazole rings is 1.